The Bertz CT molecular complexity index is 972. The molecule has 1 saturated carbocycles. The Morgan fingerprint density at radius 1 is 1.07 bits per heavy atom. The summed E-state index contributed by atoms with van der Waals surface area (Å²) in [5, 5.41) is 2.59. The standard InChI is InChI=1S/C25H29NO3/c1-3-26(22-14-8-10-18-9-5-6-13-21(18)22)20-12-7-11-19(17-20)23-15-16-24(29-23)25(27)28-4-2/h5-6,8-10,13-16,19-20H,3-4,7,11-12,17H2,1-2H3. The number of benzene rings is 2. The average Bonchev–Trinajstić information content (AvgIpc) is 3.25. The lowest BCUT2D eigenvalue weighted by atomic mass is 9.83. The Kier molecular flexibility index (Phi) is 5.89. The molecule has 0 amide bonds. The van der Waals surface area contributed by atoms with Gasteiger partial charge >= 0.3 is 5.97 Å². The summed E-state index contributed by atoms with van der Waals surface area (Å²) < 4.78 is 10.9. The monoisotopic (exact) mass is 391 g/mol. The van der Waals surface area contributed by atoms with Crippen LogP contribution >= 0.6 is 0 Å². The Labute approximate surface area is 172 Å². The zero-order valence-corrected chi connectivity index (χ0v) is 17.3. The first-order valence-corrected chi connectivity index (χ1v) is 10.7. The highest BCUT2D eigenvalue weighted by Crippen LogP contribution is 2.38. The summed E-state index contributed by atoms with van der Waals surface area (Å²) in [5.41, 5.74) is 1.31. The van der Waals surface area contributed by atoms with Crippen LogP contribution in [0.2, 0.25) is 0 Å². The molecule has 1 fully saturated rings. The van der Waals surface area contributed by atoms with Gasteiger partial charge in [-0.1, -0.05) is 42.8 Å². The van der Waals surface area contributed by atoms with E-state index in [1.807, 2.05) is 6.07 Å². The van der Waals surface area contributed by atoms with E-state index in [2.05, 4.69) is 54.3 Å². The molecule has 4 nitrogen and oxygen atoms in total. The predicted molar refractivity (Wildman–Crippen MR) is 117 cm³/mol. The first kappa shape index (κ1) is 19.6. The van der Waals surface area contributed by atoms with Gasteiger partial charge in [0, 0.05) is 29.6 Å². The van der Waals surface area contributed by atoms with Gasteiger partial charge in [-0.3, -0.25) is 0 Å². The highest BCUT2D eigenvalue weighted by Gasteiger charge is 2.30. The number of esters is 1. The average molecular weight is 392 g/mol. The summed E-state index contributed by atoms with van der Waals surface area (Å²) in [6, 6.07) is 19.3. The normalized spacial score (nSPS) is 19.2. The summed E-state index contributed by atoms with van der Waals surface area (Å²) in [7, 11) is 0. The number of furan rings is 1. The first-order valence-electron chi connectivity index (χ1n) is 10.7. The molecule has 1 aliphatic carbocycles. The third kappa shape index (κ3) is 4.02. The second kappa shape index (κ2) is 8.73. The fraction of sp³-hybridized carbons (Fsp3) is 0.400. The van der Waals surface area contributed by atoms with Crippen LogP contribution in [0.3, 0.4) is 0 Å². The van der Waals surface area contributed by atoms with Crippen LogP contribution in [0.5, 0.6) is 0 Å². The first-order chi connectivity index (χ1) is 14.2. The van der Waals surface area contributed by atoms with E-state index in [1.165, 1.54) is 22.9 Å². The molecule has 4 heteroatoms. The number of ether oxygens (including phenoxy) is 1. The smallest absolute Gasteiger partial charge is 0.374 e. The second-order valence-electron chi connectivity index (χ2n) is 7.72. The van der Waals surface area contributed by atoms with Crippen molar-refractivity contribution >= 4 is 22.4 Å². The van der Waals surface area contributed by atoms with Crippen molar-refractivity contribution in [3.63, 3.8) is 0 Å². The Balaban J connectivity index is 1.56. The van der Waals surface area contributed by atoms with Crippen LogP contribution in [-0.4, -0.2) is 25.2 Å². The van der Waals surface area contributed by atoms with Gasteiger partial charge in [0.2, 0.25) is 5.76 Å². The number of carbonyl (C=O) groups is 1. The lowest BCUT2D eigenvalue weighted by Crippen LogP contribution is -2.38. The van der Waals surface area contributed by atoms with Crippen molar-refractivity contribution in [2.75, 3.05) is 18.1 Å². The van der Waals surface area contributed by atoms with Gasteiger partial charge in [-0.05, 0) is 56.7 Å². The molecular formula is C25H29NO3. The minimum Gasteiger partial charge on any atom is -0.460 e. The van der Waals surface area contributed by atoms with E-state index >= 15 is 0 Å². The van der Waals surface area contributed by atoms with E-state index in [4.69, 9.17) is 9.15 Å². The maximum Gasteiger partial charge on any atom is 0.374 e. The molecule has 1 aromatic heterocycles. The van der Waals surface area contributed by atoms with Gasteiger partial charge in [0.15, 0.2) is 0 Å². The molecule has 2 unspecified atom stereocenters. The van der Waals surface area contributed by atoms with Gasteiger partial charge in [0.05, 0.1) is 6.61 Å². The summed E-state index contributed by atoms with van der Waals surface area (Å²) in [4.78, 5) is 14.5. The quantitative estimate of drug-likeness (QED) is 0.472. The van der Waals surface area contributed by atoms with Crippen LogP contribution in [0.15, 0.2) is 59.0 Å². The van der Waals surface area contributed by atoms with Crippen molar-refractivity contribution < 1.29 is 13.9 Å². The third-order valence-electron chi connectivity index (χ3n) is 6.01. The fourth-order valence-electron chi connectivity index (χ4n) is 4.67. The number of anilines is 1. The van der Waals surface area contributed by atoms with Crippen molar-refractivity contribution in [3.8, 4) is 0 Å². The number of nitrogens with zero attached hydrogens (tertiary/aromatic N) is 1. The third-order valence-corrected chi connectivity index (χ3v) is 6.01. The molecule has 2 atom stereocenters. The Hall–Kier alpha value is -2.75. The van der Waals surface area contributed by atoms with Crippen molar-refractivity contribution in [2.45, 2.75) is 51.5 Å². The topological polar surface area (TPSA) is 42.7 Å². The number of hydrogen-bond acceptors (Lipinski definition) is 4. The molecule has 152 valence electrons. The predicted octanol–water partition coefficient (Wildman–Crippen LogP) is 6.16. The SMILES string of the molecule is CCOC(=O)c1ccc(C2CCCC(N(CC)c3cccc4ccccc34)C2)o1. The minimum absolute atomic E-state index is 0.311. The molecule has 0 saturated heterocycles. The van der Waals surface area contributed by atoms with Crippen molar-refractivity contribution in [1.82, 2.24) is 0 Å². The van der Waals surface area contributed by atoms with Gasteiger partial charge < -0.3 is 14.1 Å². The van der Waals surface area contributed by atoms with E-state index in [0.717, 1.165) is 31.6 Å². The van der Waals surface area contributed by atoms with Gasteiger partial charge in [0.25, 0.3) is 0 Å². The highest BCUT2D eigenvalue weighted by molar-refractivity contribution is 5.94. The van der Waals surface area contributed by atoms with Crippen LogP contribution in [0.25, 0.3) is 10.8 Å². The highest BCUT2D eigenvalue weighted by atomic mass is 16.5. The van der Waals surface area contributed by atoms with Crippen LogP contribution in [0.1, 0.15) is 61.8 Å². The summed E-state index contributed by atoms with van der Waals surface area (Å²) in [6.45, 7) is 5.37. The molecule has 0 N–H and O–H groups in total. The number of fused-ring (bicyclic) bond motifs is 1. The zero-order valence-electron chi connectivity index (χ0n) is 17.3. The summed E-state index contributed by atoms with van der Waals surface area (Å²) >= 11 is 0. The lowest BCUT2D eigenvalue weighted by molar-refractivity contribution is 0.0486. The summed E-state index contributed by atoms with van der Waals surface area (Å²) in [5.74, 6) is 1.18. The van der Waals surface area contributed by atoms with E-state index in [9.17, 15) is 4.79 Å². The van der Waals surface area contributed by atoms with E-state index in [-0.39, 0.29) is 5.97 Å². The Morgan fingerprint density at radius 2 is 1.90 bits per heavy atom. The fourth-order valence-corrected chi connectivity index (χ4v) is 4.67. The number of hydrogen-bond donors (Lipinski definition) is 0. The maximum atomic E-state index is 11.9. The molecule has 0 aliphatic heterocycles. The molecule has 0 bridgehead atoms. The second-order valence-corrected chi connectivity index (χ2v) is 7.72. The zero-order chi connectivity index (χ0) is 20.2. The largest absolute Gasteiger partial charge is 0.460 e. The minimum atomic E-state index is -0.378. The maximum absolute atomic E-state index is 11.9. The van der Waals surface area contributed by atoms with Crippen LogP contribution < -0.4 is 4.90 Å². The lowest BCUT2D eigenvalue weighted by Gasteiger charge is -2.38. The van der Waals surface area contributed by atoms with Crippen LogP contribution in [-0.2, 0) is 4.74 Å². The number of carbonyl (C=O) groups excluding carboxylic acids is 1. The van der Waals surface area contributed by atoms with E-state index in [0.29, 0.717) is 24.3 Å². The molecule has 0 spiro atoms. The molecule has 3 aromatic rings. The summed E-state index contributed by atoms with van der Waals surface area (Å²) in [6.07, 6.45) is 4.47. The van der Waals surface area contributed by atoms with E-state index < -0.39 is 0 Å². The van der Waals surface area contributed by atoms with Crippen LogP contribution in [0.4, 0.5) is 5.69 Å². The molecule has 1 aliphatic rings. The molecule has 2 aromatic carbocycles. The Morgan fingerprint density at radius 3 is 2.72 bits per heavy atom. The van der Waals surface area contributed by atoms with Gasteiger partial charge in [-0.25, -0.2) is 4.79 Å². The van der Waals surface area contributed by atoms with Crippen molar-refractivity contribution in [3.05, 3.63) is 66.1 Å². The molecular weight excluding hydrogens is 362 g/mol. The van der Waals surface area contributed by atoms with Gasteiger partial charge in [-0.15, -0.1) is 0 Å². The van der Waals surface area contributed by atoms with Gasteiger partial charge in [0.1, 0.15) is 5.76 Å². The van der Waals surface area contributed by atoms with Gasteiger partial charge in [-0.2, -0.15) is 0 Å². The molecule has 0 radical (unpaired) electrons. The van der Waals surface area contributed by atoms with Crippen LogP contribution in [0, 0.1) is 0 Å². The number of rotatable bonds is 6. The molecule has 4 rings (SSSR count). The molecule has 1 heterocycles. The molecule has 29 heavy (non-hydrogen) atoms. The van der Waals surface area contributed by atoms with Crippen molar-refractivity contribution in [2.24, 2.45) is 0 Å². The van der Waals surface area contributed by atoms with Crippen molar-refractivity contribution in [1.29, 1.82) is 0 Å². The van der Waals surface area contributed by atoms with E-state index in [1.54, 1.807) is 13.0 Å².